The zero-order valence-electron chi connectivity index (χ0n) is 10.5. The van der Waals surface area contributed by atoms with Crippen molar-refractivity contribution in [3.8, 4) is 5.75 Å². The minimum absolute atomic E-state index is 0.266. The van der Waals surface area contributed by atoms with E-state index in [1.807, 2.05) is 25.2 Å². The van der Waals surface area contributed by atoms with Gasteiger partial charge in [0.2, 0.25) is 0 Å². The second-order valence-electron chi connectivity index (χ2n) is 4.02. The molecule has 0 amide bonds. The lowest BCUT2D eigenvalue weighted by molar-refractivity contribution is 0.401. The fourth-order valence-electron chi connectivity index (χ4n) is 1.99. The van der Waals surface area contributed by atoms with E-state index in [1.165, 1.54) is 0 Å². The summed E-state index contributed by atoms with van der Waals surface area (Å²) in [6.07, 6.45) is 1.65. The minimum Gasteiger partial charge on any atom is -0.493 e. The number of benzene rings is 1. The minimum atomic E-state index is -0.266. The maximum Gasteiger partial charge on any atom is 0.161 e. The summed E-state index contributed by atoms with van der Waals surface area (Å²) in [5, 5.41) is 4.81. The zero-order chi connectivity index (χ0) is 14.0. The van der Waals surface area contributed by atoms with Gasteiger partial charge in [-0.05, 0) is 23.8 Å². The molecule has 0 bridgehead atoms. The molecule has 0 fully saturated rings. The number of hydrogen-bond donors (Lipinski definition) is 2. The van der Waals surface area contributed by atoms with Crippen molar-refractivity contribution in [2.45, 2.75) is 6.04 Å². The number of nitrogens with zero attached hydrogens (tertiary/aromatic N) is 2. The van der Waals surface area contributed by atoms with Gasteiger partial charge < -0.3 is 4.74 Å². The predicted octanol–water partition coefficient (Wildman–Crippen LogP) is 2.40. The number of aryl methyl sites for hydroxylation is 1. The molecule has 0 aliphatic carbocycles. The van der Waals surface area contributed by atoms with Gasteiger partial charge in [0.05, 0.1) is 19.3 Å². The van der Waals surface area contributed by atoms with Crippen LogP contribution in [0.5, 0.6) is 5.75 Å². The third-order valence-corrected chi connectivity index (χ3v) is 3.50. The molecule has 7 heteroatoms. The third-order valence-electron chi connectivity index (χ3n) is 2.83. The van der Waals surface area contributed by atoms with Gasteiger partial charge >= 0.3 is 0 Å². The standard InChI is InChI=1S/C12H14BrClN4O/c1-18-12(10(19-2)6-16-18)11(17-15)7-3-8(13)5-9(14)4-7/h3-6,11,17H,15H2,1-2H3. The topological polar surface area (TPSA) is 65.1 Å². The molecule has 1 heterocycles. The number of hydrazine groups is 1. The maximum atomic E-state index is 6.07. The number of halogens is 2. The largest absolute Gasteiger partial charge is 0.493 e. The molecule has 0 spiro atoms. The number of hydrogen-bond acceptors (Lipinski definition) is 4. The van der Waals surface area contributed by atoms with Crippen LogP contribution in [0.1, 0.15) is 17.3 Å². The summed E-state index contributed by atoms with van der Waals surface area (Å²) in [5.41, 5.74) is 4.52. The van der Waals surface area contributed by atoms with E-state index in [2.05, 4.69) is 26.5 Å². The van der Waals surface area contributed by atoms with Crippen LogP contribution in [0.2, 0.25) is 5.02 Å². The summed E-state index contributed by atoms with van der Waals surface area (Å²) < 4.78 is 7.91. The molecule has 0 aliphatic rings. The molecule has 1 aromatic carbocycles. The molecule has 19 heavy (non-hydrogen) atoms. The van der Waals surface area contributed by atoms with Gasteiger partial charge in [-0.2, -0.15) is 5.10 Å². The van der Waals surface area contributed by atoms with Crippen LogP contribution in [-0.4, -0.2) is 16.9 Å². The highest BCUT2D eigenvalue weighted by Crippen LogP contribution is 2.31. The summed E-state index contributed by atoms with van der Waals surface area (Å²) in [5.74, 6) is 6.35. The molecule has 0 radical (unpaired) electrons. The number of rotatable bonds is 4. The Balaban J connectivity index is 2.52. The van der Waals surface area contributed by atoms with Crippen LogP contribution in [0.25, 0.3) is 0 Å². The predicted molar refractivity (Wildman–Crippen MR) is 78.1 cm³/mol. The molecule has 2 aromatic rings. The molecule has 0 aliphatic heterocycles. The molecular weight excluding hydrogens is 332 g/mol. The summed E-state index contributed by atoms with van der Waals surface area (Å²) >= 11 is 9.49. The summed E-state index contributed by atoms with van der Waals surface area (Å²) in [7, 11) is 3.43. The highest BCUT2D eigenvalue weighted by molar-refractivity contribution is 9.10. The Morgan fingerprint density at radius 3 is 2.79 bits per heavy atom. The second-order valence-corrected chi connectivity index (χ2v) is 5.38. The van der Waals surface area contributed by atoms with Crippen molar-refractivity contribution in [2.75, 3.05) is 7.11 Å². The molecule has 1 atom stereocenters. The quantitative estimate of drug-likeness (QED) is 0.660. The van der Waals surface area contributed by atoms with E-state index in [-0.39, 0.29) is 6.04 Å². The molecule has 5 nitrogen and oxygen atoms in total. The highest BCUT2D eigenvalue weighted by Gasteiger charge is 2.22. The van der Waals surface area contributed by atoms with Crippen LogP contribution in [0.15, 0.2) is 28.9 Å². The fraction of sp³-hybridized carbons (Fsp3) is 0.250. The van der Waals surface area contributed by atoms with Crippen LogP contribution in [0, 0.1) is 0 Å². The lowest BCUT2D eigenvalue weighted by Crippen LogP contribution is -2.30. The molecule has 0 saturated heterocycles. The van der Waals surface area contributed by atoms with Crippen molar-refractivity contribution in [1.29, 1.82) is 0 Å². The van der Waals surface area contributed by atoms with Crippen LogP contribution in [0.3, 0.4) is 0 Å². The van der Waals surface area contributed by atoms with Crippen LogP contribution in [0.4, 0.5) is 0 Å². The molecular formula is C12H14BrClN4O. The van der Waals surface area contributed by atoms with Gasteiger partial charge in [-0.1, -0.05) is 27.5 Å². The number of methoxy groups -OCH3 is 1. The van der Waals surface area contributed by atoms with E-state index >= 15 is 0 Å². The Labute approximate surface area is 124 Å². The number of ether oxygens (including phenoxy) is 1. The highest BCUT2D eigenvalue weighted by atomic mass is 79.9. The van der Waals surface area contributed by atoms with Gasteiger partial charge in [0.1, 0.15) is 5.69 Å². The number of nitrogens with one attached hydrogen (secondary N) is 1. The first-order valence-corrected chi connectivity index (χ1v) is 6.72. The van der Waals surface area contributed by atoms with Gasteiger partial charge in [0.15, 0.2) is 5.75 Å². The van der Waals surface area contributed by atoms with Gasteiger partial charge in [-0.15, -0.1) is 0 Å². The third kappa shape index (κ3) is 2.92. The first kappa shape index (κ1) is 14.3. The monoisotopic (exact) mass is 344 g/mol. The summed E-state index contributed by atoms with van der Waals surface area (Å²) in [6, 6.07) is 5.35. The Hall–Kier alpha value is -1.08. The maximum absolute atomic E-state index is 6.07. The lowest BCUT2D eigenvalue weighted by Gasteiger charge is -2.18. The lowest BCUT2D eigenvalue weighted by atomic mass is 10.0. The second kappa shape index (κ2) is 5.92. The van der Waals surface area contributed by atoms with Gasteiger partial charge in [0.25, 0.3) is 0 Å². The average molecular weight is 346 g/mol. The SMILES string of the molecule is COc1cnn(C)c1C(NN)c1cc(Cl)cc(Br)c1. The summed E-state index contributed by atoms with van der Waals surface area (Å²) in [6.45, 7) is 0. The molecule has 0 saturated carbocycles. The zero-order valence-corrected chi connectivity index (χ0v) is 12.9. The first-order chi connectivity index (χ1) is 9.06. The van der Waals surface area contributed by atoms with Crippen LogP contribution < -0.4 is 16.0 Å². The molecule has 102 valence electrons. The smallest absolute Gasteiger partial charge is 0.161 e. The number of aromatic nitrogens is 2. The Morgan fingerprint density at radius 2 is 2.21 bits per heavy atom. The normalized spacial score (nSPS) is 12.5. The van der Waals surface area contributed by atoms with Gasteiger partial charge in [0, 0.05) is 16.5 Å². The Bertz CT molecular complexity index is 567. The van der Waals surface area contributed by atoms with Crippen molar-refractivity contribution in [3.63, 3.8) is 0 Å². The van der Waals surface area contributed by atoms with E-state index in [4.69, 9.17) is 22.2 Å². The van der Waals surface area contributed by atoms with Crippen molar-refractivity contribution in [2.24, 2.45) is 12.9 Å². The van der Waals surface area contributed by atoms with Gasteiger partial charge in [-0.25, -0.2) is 5.43 Å². The van der Waals surface area contributed by atoms with E-state index < -0.39 is 0 Å². The van der Waals surface area contributed by atoms with E-state index in [1.54, 1.807) is 18.0 Å². The van der Waals surface area contributed by atoms with Crippen molar-refractivity contribution < 1.29 is 4.74 Å². The van der Waals surface area contributed by atoms with E-state index in [9.17, 15) is 0 Å². The Morgan fingerprint density at radius 1 is 1.47 bits per heavy atom. The van der Waals surface area contributed by atoms with Gasteiger partial charge in [-0.3, -0.25) is 10.5 Å². The van der Waals surface area contributed by atoms with E-state index in [0.717, 1.165) is 15.7 Å². The molecule has 3 N–H and O–H groups in total. The van der Waals surface area contributed by atoms with Crippen molar-refractivity contribution in [1.82, 2.24) is 15.2 Å². The molecule has 1 aromatic heterocycles. The van der Waals surface area contributed by atoms with Crippen molar-refractivity contribution >= 4 is 27.5 Å². The van der Waals surface area contributed by atoms with Crippen LogP contribution in [-0.2, 0) is 7.05 Å². The molecule has 2 rings (SSSR count). The van der Waals surface area contributed by atoms with Crippen molar-refractivity contribution in [3.05, 3.63) is 45.1 Å². The van der Waals surface area contributed by atoms with Crippen LogP contribution >= 0.6 is 27.5 Å². The molecule has 1 unspecified atom stereocenters. The van der Waals surface area contributed by atoms with E-state index in [0.29, 0.717) is 10.8 Å². The average Bonchev–Trinajstić information content (AvgIpc) is 2.71. The fourth-order valence-corrected chi connectivity index (χ4v) is 2.87. The summed E-state index contributed by atoms with van der Waals surface area (Å²) in [4.78, 5) is 0. The first-order valence-electron chi connectivity index (χ1n) is 5.54. The Kier molecular flexibility index (Phi) is 4.46. The number of nitrogens with two attached hydrogens (primary N) is 1.